The van der Waals surface area contributed by atoms with E-state index in [0.717, 1.165) is 9.61 Å². The lowest BCUT2D eigenvalue weighted by molar-refractivity contribution is 1.36. The molecule has 1 heterocycles. The van der Waals surface area contributed by atoms with Crippen LogP contribution in [0.2, 0.25) is 0 Å². The molecular weight excluding hydrogens is 378 g/mol. The molecule has 0 fully saturated rings. The van der Waals surface area contributed by atoms with Gasteiger partial charge in [-0.05, 0) is 44.3 Å². The summed E-state index contributed by atoms with van der Waals surface area (Å²) in [5.41, 5.74) is 6.00. The molecule has 3 heteroatoms. The smallest absolute Gasteiger partial charge is 0.125 e. The van der Waals surface area contributed by atoms with Crippen molar-refractivity contribution in [1.29, 1.82) is 0 Å². The summed E-state index contributed by atoms with van der Waals surface area (Å²) >= 11 is 5.13. The van der Waals surface area contributed by atoms with Crippen LogP contribution in [0, 0.1) is 0 Å². The predicted octanol–water partition coefficient (Wildman–Crippen LogP) is 6.91. The van der Waals surface area contributed by atoms with E-state index in [1.54, 1.807) is 11.3 Å². The Morgan fingerprint density at radius 3 is 1.96 bits per heavy atom. The molecule has 0 radical (unpaired) electrons. The Morgan fingerprint density at radius 1 is 0.667 bits per heavy atom. The summed E-state index contributed by atoms with van der Waals surface area (Å²) in [6.45, 7) is 0. The molecule has 0 N–H and O–H groups in total. The fourth-order valence-corrected chi connectivity index (χ4v) is 4.06. The number of halogens is 1. The molecule has 0 amide bonds. The van der Waals surface area contributed by atoms with Gasteiger partial charge in [-0.3, -0.25) is 0 Å². The summed E-state index contributed by atoms with van der Waals surface area (Å²) in [5, 5.41) is 3.05. The monoisotopic (exact) mass is 391 g/mol. The number of rotatable bonds is 3. The maximum absolute atomic E-state index is 4.64. The van der Waals surface area contributed by atoms with Gasteiger partial charge in [0.1, 0.15) is 9.61 Å². The summed E-state index contributed by atoms with van der Waals surface area (Å²) in [5.74, 6) is 0. The highest BCUT2D eigenvalue weighted by Crippen LogP contribution is 2.37. The van der Waals surface area contributed by atoms with Gasteiger partial charge >= 0.3 is 0 Å². The van der Waals surface area contributed by atoms with Crippen molar-refractivity contribution in [2.45, 2.75) is 0 Å². The Hall–Kier alpha value is -2.23. The number of nitrogens with zero attached hydrogens (tertiary/aromatic N) is 1. The molecule has 0 unspecified atom stereocenters. The van der Waals surface area contributed by atoms with E-state index in [4.69, 9.17) is 0 Å². The fraction of sp³-hybridized carbons (Fsp3) is 0. The number of thiazole rings is 1. The van der Waals surface area contributed by atoms with E-state index in [1.165, 1.54) is 27.8 Å². The highest BCUT2D eigenvalue weighted by atomic mass is 79.9. The Labute approximate surface area is 153 Å². The topological polar surface area (TPSA) is 12.9 Å². The summed E-state index contributed by atoms with van der Waals surface area (Å²) in [6.07, 6.45) is 0. The van der Waals surface area contributed by atoms with E-state index in [1.807, 2.05) is 17.5 Å². The van der Waals surface area contributed by atoms with Crippen molar-refractivity contribution in [3.63, 3.8) is 0 Å². The highest BCUT2D eigenvalue weighted by Gasteiger charge is 2.12. The van der Waals surface area contributed by atoms with E-state index in [0.29, 0.717) is 0 Å². The molecular formula is C21H14BrNS. The van der Waals surface area contributed by atoms with E-state index in [9.17, 15) is 0 Å². The second-order valence-electron chi connectivity index (χ2n) is 5.47. The first-order valence-corrected chi connectivity index (χ1v) is 9.35. The molecule has 0 atom stereocenters. The van der Waals surface area contributed by atoms with E-state index in [-0.39, 0.29) is 0 Å². The van der Waals surface area contributed by atoms with Crippen LogP contribution in [-0.4, -0.2) is 4.98 Å². The molecule has 3 aromatic carbocycles. The van der Waals surface area contributed by atoms with Crippen LogP contribution < -0.4 is 0 Å². The van der Waals surface area contributed by atoms with Crippen molar-refractivity contribution < 1.29 is 0 Å². The van der Waals surface area contributed by atoms with Crippen molar-refractivity contribution in [3.8, 4) is 32.8 Å². The first-order valence-electron chi connectivity index (χ1n) is 7.67. The first-order chi connectivity index (χ1) is 11.8. The van der Waals surface area contributed by atoms with Crippen LogP contribution in [0.5, 0.6) is 0 Å². The minimum absolute atomic E-state index is 0.881. The van der Waals surface area contributed by atoms with Gasteiger partial charge in [0.05, 0.1) is 0 Å². The summed E-state index contributed by atoms with van der Waals surface area (Å²) < 4.78 is 0.881. The maximum Gasteiger partial charge on any atom is 0.125 e. The van der Waals surface area contributed by atoms with E-state index >= 15 is 0 Å². The Morgan fingerprint density at radius 2 is 1.33 bits per heavy atom. The normalized spacial score (nSPS) is 10.7. The fourth-order valence-electron chi connectivity index (χ4n) is 2.78. The van der Waals surface area contributed by atoms with Crippen LogP contribution in [0.25, 0.3) is 32.8 Å². The Balaban J connectivity index is 1.91. The maximum atomic E-state index is 4.64. The van der Waals surface area contributed by atoms with Crippen LogP contribution in [0.1, 0.15) is 0 Å². The number of aromatic nitrogens is 1. The van der Waals surface area contributed by atoms with Gasteiger partial charge in [-0.25, -0.2) is 4.98 Å². The van der Waals surface area contributed by atoms with Crippen molar-refractivity contribution >= 4 is 27.3 Å². The molecule has 0 saturated carbocycles. The molecule has 0 bridgehead atoms. The molecule has 24 heavy (non-hydrogen) atoms. The van der Waals surface area contributed by atoms with Gasteiger partial charge < -0.3 is 0 Å². The van der Waals surface area contributed by atoms with Gasteiger partial charge in [-0.15, -0.1) is 11.3 Å². The lowest BCUT2D eigenvalue weighted by atomic mass is 9.95. The molecule has 1 aromatic heterocycles. The average molecular weight is 392 g/mol. The van der Waals surface area contributed by atoms with Crippen LogP contribution in [-0.2, 0) is 0 Å². The summed E-state index contributed by atoms with van der Waals surface area (Å²) in [6, 6.07) is 27.5. The molecule has 116 valence electrons. The second-order valence-corrected chi connectivity index (χ2v) is 7.14. The van der Waals surface area contributed by atoms with Crippen molar-refractivity contribution in [2.75, 3.05) is 0 Å². The quantitative estimate of drug-likeness (QED) is 0.369. The number of hydrogen-bond acceptors (Lipinski definition) is 2. The van der Waals surface area contributed by atoms with E-state index in [2.05, 4.69) is 87.6 Å². The van der Waals surface area contributed by atoms with E-state index < -0.39 is 0 Å². The van der Waals surface area contributed by atoms with Crippen LogP contribution in [0.3, 0.4) is 0 Å². The van der Waals surface area contributed by atoms with Gasteiger partial charge in [-0.2, -0.15) is 0 Å². The van der Waals surface area contributed by atoms with Crippen molar-refractivity contribution in [2.24, 2.45) is 0 Å². The predicted molar refractivity (Wildman–Crippen MR) is 106 cm³/mol. The molecule has 4 rings (SSSR count). The zero-order valence-electron chi connectivity index (χ0n) is 12.8. The SMILES string of the molecule is Brc1csc(-c2cc(-c3ccccc3)ccc2-c2ccccc2)n1. The molecule has 0 aliphatic rings. The summed E-state index contributed by atoms with van der Waals surface area (Å²) in [7, 11) is 0. The molecule has 0 aliphatic carbocycles. The number of hydrogen-bond donors (Lipinski definition) is 0. The van der Waals surface area contributed by atoms with Gasteiger partial charge in [0.2, 0.25) is 0 Å². The molecule has 0 spiro atoms. The Bertz CT molecular complexity index is 962. The third-order valence-corrected chi connectivity index (χ3v) is 5.50. The van der Waals surface area contributed by atoms with Crippen LogP contribution in [0.15, 0.2) is 88.8 Å². The molecule has 0 saturated heterocycles. The minimum atomic E-state index is 0.881. The minimum Gasteiger partial charge on any atom is -0.229 e. The third-order valence-electron chi connectivity index (χ3n) is 3.92. The molecule has 4 aromatic rings. The Kier molecular flexibility index (Phi) is 4.28. The lowest BCUT2D eigenvalue weighted by Gasteiger charge is -2.11. The van der Waals surface area contributed by atoms with Crippen molar-refractivity contribution in [3.05, 3.63) is 88.8 Å². The zero-order chi connectivity index (χ0) is 16.4. The standard InChI is InChI=1S/C21H14BrNS/c22-20-14-24-21(23-20)19-13-17(15-7-3-1-4-8-15)11-12-18(19)16-9-5-2-6-10-16/h1-14H. The second kappa shape index (κ2) is 6.71. The molecule has 1 nitrogen and oxygen atoms in total. The first kappa shape index (κ1) is 15.3. The van der Waals surface area contributed by atoms with Gasteiger partial charge in [0.15, 0.2) is 0 Å². The number of benzene rings is 3. The zero-order valence-corrected chi connectivity index (χ0v) is 15.2. The third kappa shape index (κ3) is 3.05. The van der Waals surface area contributed by atoms with Gasteiger partial charge in [-0.1, -0.05) is 72.8 Å². The largest absolute Gasteiger partial charge is 0.229 e. The lowest BCUT2D eigenvalue weighted by Crippen LogP contribution is -1.87. The summed E-state index contributed by atoms with van der Waals surface area (Å²) in [4.78, 5) is 4.64. The average Bonchev–Trinajstić information content (AvgIpc) is 3.09. The van der Waals surface area contributed by atoms with Crippen molar-refractivity contribution in [1.82, 2.24) is 4.98 Å². The van der Waals surface area contributed by atoms with Crippen LogP contribution >= 0.6 is 27.3 Å². The van der Waals surface area contributed by atoms with Gasteiger partial charge in [0, 0.05) is 10.9 Å². The molecule has 0 aliphatic heterocycles. The van der Waals surface area contributed by atoms with Gasteiger partial charge in [0.25, 0.3) is 0 Å². The highest BCUT2D eigenvalue weighted by molar-refractivity contribution is 9.10. The van der Waals surface area contributed by atoms with Crippen LogP contribution in [0.4, 0.5) is 0 Å².